The molecule has 1 unspecified atom stereocenters. The summed E-state index contributed by atoms with van der Waals surface area (Å²) in [5, 5.41) is 23.8. The van der Waals surface area contributed by atoms with Crippen molar-refractivity contribution in [1.82, 2.24) is 4.57 Å². The number of benzene rings is 3. The third-order valence-corrected chi connectivity index (χ3v) is 5.87. The molecule has 1 heterocycles. The number of hydrogen-bond acceptors (Lipinski definition) is 6. The van der Waals surface area contributed by atoms with Gasteiger partial charge in [0, 0.05) is 17.5 Å². The molecule has 0 aliphatic heterocycles. The largest absolute Gasteiger partial charge is 0.497 e. The van der Waals surface area contributed by atoms with Crippen molar-refractivity contribution in [1.29, 1.82) is 0 Å². The maximum atomic E-state index is 10.9. The van der Waals surface area contributed by atoms with Gasteiger partial charge >= 0.3 is 0 Å². The first-order valence-corrected chi connectivity index (χ1v) is 10.8. The Labute approximate surface area is 205 Å². The number of para-hydroxylation sites is 1. The number of halogens is 1. The first-order chi connectivity index (χ1) is 15.5. The van der Waals surface area contributed by atoms with E-state index < -0.39 is 11.0 Å². The number of ether oxygens (including phenoxy) is 1. The molecule has 170 valence electrons. The minimum Gasteiger partial charge on any atom is -0.497 e. The molecule has 0 bridgehead atoms. The van der Waals surface area contributed by atoms with Crippen LogP contribution >= 0.6 is 28.3 Å². The molecule has 0 spiro atoms. The summed E-state index contributed by atoms with van der Waals surface area (Å²) in [7, 11) is 1.62. The summed E-state index contributed by atoms with van der Waals surface area (Å²) in [5.74, 6) is 0.760. The Morgan fingerprint density at radius 1 is 1.06 bits per heavy atom. The highest BCUT2D eigenvalue weighted by atomic mass is 79.9. The van der Waals surface area contributed by atoms with Crippen LogP contribution in [-0.4, -0.2) is 21.7 Å². The number of aromatic nitrogens is 1. The van der Waals surface area contributed by atoms with E-state index in [0.717, 1.165) is 27.5 Å². The highest BCUT2D eigenvalue weighted by Gasteiger charge is 2.16. The fourth-order valence-corrected chi connectivity index (χ4v) is 4.24. The molecule has 1 N–H and O–H groups in total. The van der Waals surface area contributed by atoms with Crippen molar-refractivity contribution in [2.45, 2.75) is 12.6 Å². The van der Waals surface area contributed by atoms with Crippen LogP contribution in [0.3, 0.4) is 0 Å². The summed E-state index contributed by atoms with van der Waals surface area (Å²) >= 11 is 1.48. The fraction of sp³-hybridized carbons (Fsp3) is 0.125. The molecule has 0 fully saturated rings. The minimum absolute atomic E-state index is 0. The van der Waals surface area contributed by atoms with Crippen LogP contribution in [-0.2, 0) is 6.54 Å². The zero-order valence-corrected chi connectivity index (χ0v) is 20.2. The molecule has 0 saturated carbocycles. The second-order valence-electron chi connectivity index (χ2n) is 7.05. The van der Waals surface area contributed by atoms with Crippen molar-refractivity contribution in [3.63, 3.8) is 0 Å². The van der Waals surface area contributed by atoms with E-state index in [-0.39, 0.29) is 29.2 Å². The third-order valence-electron chi connectivity index (χ3n) is 5.01. The summed E-state index contributed by atoms with van der Waals surface area (Å²) in [6.45, 7) is 0.244. The molecule has 33 heavy (non-hydrogen) atoms. The monoisotopic (exact) mass is 527 g/mol. The molecule has 1 aromatic heterocycles. The summed E-state index contributed by atoms with van der Waals surface area (Å²) in [5.41, 5.74) is 3.28. The van der Waals surface area contributed by atoms with Crippen LogP contribution < -0.4 is 9.54 Å². The van der Waals surface area contributed by atoms with E-state index in [1.54, 1.807) is 19.2 Å². The van der Waals surface area contributed by atoms with E-state index in [4.69, 9.17) is 9.73 Å². The average Bonchev–Trinajstić information content (AvgIpc) is 3.21. The maximum Gasteiger partial charge on any atom is 0.269 e. The number of nitro benzene ring substituents is 1. The number of nitrogens with zero attached hydrogens (tertiary/aromatic N) is 3. The molecule has 0 radical (unpaired) electrons. The van der Waals surface area contributed by atoms with Crippen molar-refractivity contribution in [3.8, 4) is 17.0 Å². The molecule has 7 nitrogen and oxygen atoms in total. The van der Waals surface area contributed by atoms with Crippen molar-refractivity contribution >= 4 is 39.7 Å². The lowest BCUT2D eigenvalue weighted by molar-refractivity contribution is -0.384. The number of aliphatic hydroxyl groups is 1. The first kappa shape index (κ1) is 24.4. The van der Waals surface area contributed by atoms with Gasteiger partial charge in [-0.25, -0.2) is 4.99 Å². The van der Waals surface area contributed by atoms with E-state index in [1.807, 2.05) is 64.5 Å². The second kappa shape index (κ2) is 11.0. The SMILES string of the molecule is Br.COc1ccc(-c2csc(=Nc3ccccc3)n2CC(O)c2ccc([N+](=O)[O-])cc2)cc1. The van der Waals surface area contributed by atoms with Gasteiger partial charge in [0.1, 0.15) is 5.75 Å². The second-order valence-corrected chi connectivity index (χ2v) is 7.89. The molecule has 1 atom stereocenters. The van der Waals surface area contributed by atoms with Gasteiger partial charge in [-0.05, 0) is 59.7 Å². The Morgan fingerprint density at radius 2 is 1.73 bits per heavy atom. The van der Waals surface area contributed by atoms with Crippen LogP contribution in [0.5, 0.6) is 5.75 Å². The lowest BCUT2D eigenvalue weighted by Gasteiger charge is -2.15. The van der Waals surface area contributed by atoms with E-state index in [1.165, 1.54) is 23.5 Å². The molecule has 0 saturated heterocycles. The number of nitro groups is 1. The number of aliphatic hydroxyl groups excluding tert-OH is 1. The van der Waals surface area contributed by atoms with Crippen LogP contribution in [0.4, 0.5) is 11.4 Å². The topological polar surface area (TPSA) is 89.9 Å². The molecule has 4 aromatic rings. The fourth-order valence-electron chi connectivity index (χ4n) is 3.30. The number of thiazole rings is 1. The van der Waals surface area contributed by atoms with E-state index in [2.05, 4.69) is 0 Å². The van der Waals surface area contributed by atoms with Gasteiger partial charge in [-0.2, -0.15) is 0 Å². The van der Waals surface area contributed by atoms with Crippen molar-refractivity contribution < 1.29 is 14.8 Å². The first-order valence-electron chi connectivity index (χ1n) is 9.90. The molecule has 9 heteroatoms. The zero-order valence-electron chi connectivity index (χ0n) is 17.7. The van der Waals surface area contributed by atoms with Gasteiger partial charge in [-0.15, -0.1) is 28.3 Å². The van der Waals surface area contributed by atoms with Gasteiger partial charge in [0.25, 0.3) is 5.69 Å². The number of hydrogen-bond donors (Lipinski definition) is 1. The number of methoxy groups -OCH3 is 1. The van der Waals surface area contributed by atoms with Crippen LogP contribution in [0.25, 0.3) is 11.3 Å². The Hall–Kier alpha value is -3.27. The van der Waals surface area contributed by atoms with Gasteiger partial charge in [0.05, 0.1) is 36.1 Å². The predicted octanol–water partition coefficient (Wildman–Crippen LogP) is 5.68. The molecule has 0 aliphatic rings. The quantitative estimate of drug-likeness (QED) is 0.247. The summed E-state index contributed by atoms with van der Waals surface area (Å²) < 4.78 is 7.22. The van der Waals surface area contributed by atoms with Gasteiger partial charge in [0.2, 0.25) is 0 Å². The molecule has 0 amide bonds. The number of non-ortho nitro benzene ring substituents is 1. The highest BCUT2D eigenvalue weighted by Crippen LogP contribution is 2.26. The Balaban J connectivity index is 0.00000306. The predicted molar refractivity (Wildman–Crippen MR) is 134 cm³/mol. The van der Waals surface area contributed by atoms with E-state index in [0.29, 0.717) is 5.56 Å². The standard InChI is InChI=1S/C24H21N3O4S.BrH/c1-31-21-13-9-17(10-14-21)22-16-32-24(25-19-5-3-2-4-6-19)26(22)15-23(28)18-7-11-20(12-8-18)27(29)30;/h2-14,16,23,28H,15H2,1H3;1H. The van der Waals surface area contributed by atoms with Crippen LogP contribution in [0.15, 0.2) is 89.2 Å². The Kier molecular flexibility index (Phi) is 8.16. The number of rotatable bonds is 7. The van der Waals surface area contributed by atoms with Gasteiger partial charge in [-0.3, -0.25) is 10.1 Å². The lowest BCUT2D eigenvalue weighted by Crippen LogP contribution is -2.20. The minimum atomic E-state index is -0.864. The molecule has 4 rings (SSSR count). The van der Waals surface area contributed by atoms with Gasteiger partial charge in [-0.1, -0.05) is 18.2 Å². The van der Waals surface area contributed by atoms with Crippen LogP contribution in [0.2, 0.25) is 0 Å². The van der Waals surface area contributed by atoms with E-state index >= 15 is 0 Å². The summed E-state index contributed by atoms with van der Waals surface area (Å²) in [4.78, 5) is 16.0. The Morgan fingerprint density at radius 3 is 2.33 bits per heavy atom. The Bertz CT molecular complexity index is 1270. The van der Waals surface area contributed by atoms with Crippen LogP contribution in [0, 0.1) is 10.1 Å². The van der Waals surface area contributed by atoms with E-state index in [9.17, 15) is 15.2 Å². The summed E-state index contributed by atoms with van der Waals surface area (Å²) in [6.07, 6.45) is -0.864. The lowest BCUT2D eigenvalue weighted by atomic mass is 10.1. The van der Waals surface area contributed by atoms with Crippen LogP contribution in [0.1, 0.15) is 11.7 Å². The summed E-state index contributed by atoms with van der Waals surface area (Å²) in [6, 6.07) is 23.3. The molecule has 0 aliphatic carbocycles. The van der Waals surface area contributed by atoms with Crippen molar-refractivity contribution in [3.05, 3.63) is 105 Å². The smallest absolute Gasteiger partial charge is 0.269 e. The highest BCUT2D eigenvalue weighted by molar-refractivity contribution is 8.93. The maximum absolute atomic E-state index is 10.9. The average molecular weight is 528 g/mol. The molecular formula is C24H22BrN3O4S. The van der Waals surface area contributed by atoms with Gasteiger partial charge < -0.3 is 14.4 Å². The third kappa shape index (κ3) is 5.75. The molecular weight excluding hydrogens is 506 g/mol. The van der Waals surface area contributed by atoms with Crippen molar-refractivity contribution in [2.24, 2.45) is 4.99 Å². The molecule has 3 aromatic carbocycles. The van der Waals surface area contributed by atoms with Crippen molar-refractivity contribution in [2.75, 3.05) is 7.11 Å². The normalized spacial score (nSPS) is 12.1. The zero-order chi connectivity index (χ0) is 22.5. The van der Waals surface area contributed by atoms with Gasteiger partial charge in [0.15, 0.2) is 4.80 Å².